The first-order valence-electron chi connectivity index (χ1n) is 6.21. The lowest BCUT2D eigenvalue weighted by atomic mass is 10.2. The van der Waals surface area contributed by atoms with Gasteiger partial charge in [0.1, 0.15) is 0 Å². The molecule has 0 saturated carbocycles. The number of para-hydroxylation sites is 1. The number of carbonyl (C=O) groups is 1. The van der Waals surface area contributed by atoms with Gasteiger partial charge in [0.2, 0.25) is 5.75 Å². The van der Waals surface area contributed by atoms with Gasteiger partial charge < -0.3 is 9.47 Å². The highest BCUT2D eigenvalue weighted by molar-refractivity contribution is 5.75. The van der Waals surface area contributed by atoms with Gasteiger partial charge in [0, 0.05) is 12.5 Å². The van der Waals surface area contributed by atoms with Crippen LogP contribution < -0.4 is 9.47 Å². The van der Waals surface area contributed by atoms with Crippen LogP contribution in [0.2, 0.25) is 0 Å². The SMILES string of the molecule is CCCCC(=O)Oc1c(OCC)cccc1[N+](=O)[O-]. The molecule has 0 amide bonds. The maximum absolute atomic E-state index is 11.6. The maximum atomic E-state index is 11.6. The average molecular weight is 267 g/mol. The summed E-state index contributed by atoms with van der Waals surface area (Å²) >= 11 is 0. The Labute approximate surface area is 111 Å². The molecule has 0 unspecified atom stereocenters. The highest BCUT2D eigenvalue weighted by Gasteiger charge is 2.22. The zero-order valence-corrected chi connectivity index (χ0v) is 11.0. The summed E-state index contributed by atoms with van der Waals surface area (Å²) in [5.74, 6) is -0.394. The number of benzene rings is 1. The lowest BCUT2D eigenvalue weighted by molar-refractivity contribution is -0.385. The van der Waals surface area contributed by atoms with Crippen LogP contribution in [0.4, 0.5) is 5.69 Å². The summed E-state index contributed by atoms with van der Waals surface area (Å²) in [6, 6.07) is 4.32. The average Bonchev–Trinajstić information content (AvgIpc) is 2.38. The summed E-state index contributed by atoms with van der Waals surface area (Å²) in [6.07, 6.45) is 1.77. The Kier molecular flexibility index (Phi) is 5.78. The highest BCUT2D eigenvalue weighted by Crippen LogP contribution is 2.37. The summed E-state index contributed by atoms with van der Waals surface area (Å²) in [5.41, 5.74) is -0.268. The Morgan fingerprint density at radius 2 is 2.11 bits per heavy atom. The van der Waals surface area contributed by atoms with Crippen LogP contribution in [0.25, 0.3) is 0 Å². The quantitative estimate of drug-likeness (QED) is 0.328. The first kappa shape index (κ1) is 14.9. The number of unbranched alkanes of at least 4 members (excludes halogenated alkanes) is 1. The molecule has 0 heterocycles. The fourth-order valence-electron chi connectivity index (χ4n) is 1.51. The van der Waals surface area contributed by atoms with Gasteiger partial charge in [-0.2, -0.15) is 0 Å². The summed E-state index contributed by atoms with van der Waals surface area (Å²) in [7, 11) is 0. The van der Waals surface area contributed by atoms with Crippen molar-refractivity contribution in [1.82, 2.24) is 0 Å². The number of nitro groups is 1. The molecule has 6 heteroatoms. The molecule has 0 aliphatic heterocycles. The van der Waals surface area contributed by atoms with Gasteiger partial charge in [-0.1, -0.05) is 19.4 Å². The van der Waals surface area contributed by atoms with Crippen LogP contribution in [0.5, 0.6) is 11.5 Å². The number of nitrogens with zero attached hydrogens (tertiary/aromatic N) is 1. The third-order valence-corrected chi connectivity index (χ3v) is 2.41. The van der Waals surface area contributed by atoms with Gasteiger partial charge in [-0.05, 0) is 19.4 Å². The minimum atomic E-state index is -0.592. The first-order valence-corrected chi connectivity index (χ1v) is 6.21. The molecule has 104 valence electrons. The number of hydrogen-bond donors (Lipinski definition) is 0. The fraction of sp³-hybridized carbons (Fsp3) is 0.462. The van der Waals surface area contributed by atoms with E-state index < -0.39 is 10.9 Å². The predicted octanol–water partition coefficient (Wildman–Crippen LogP) is 3.09. The number of hydrogen-bond acceptors (Lipinski definition) is 5. The summed E-state index contributed by atoms with van der Waals surface area (Å²) in [5, 5.41) is 10.9. The normalized spacial score (nSPS) is 10.0. The second-order valence-electron chi connectivity index (χ2n) is 3.87. The second-order valence-corrected chi connectivity index (χ2v) is 3.87. The van der Waals surface area contributed by atoms with Gasteiger partial charge in [-0.25, -0.2) is 0 Å². The largest absolute Gasteiger partial charge is 0.490 e. The monoisotopic (exact) mass is 267 g/mol. The number of nitro benzene ring substituents is 1. The van der Waals surface area contributed by atoms with E-state index in [2.05, 4.69) is 0 Å². The van der Waals surface area contributed by atoms with E-state index in [-0.39, 0.29) is 23.6 Å². The zero-order chi connectivity index (χ0) is 14.3. The van der Waals surface area contributed by atoms with Gasteiger partial charge in [-0.15, -0.1) is 0 Å². The molecule has 0 fully saturated rings. The molecule has 0 aliphatic carbocycles. The summed E-state index contributed by atoms with van der Waals surface area (Å²) in [6.45, 7) is 4.03. The molecule has 0 saturated heterocycles. The van der Waals surface area contributed by atoms with E-state index >= 15 is 0 Å². The Balaban J connectivity index is 3.00. The Morgan fingerprint density at radius 3 is 2.68 bits per heavy atom. The van der Waals surface area contributed by atoms with E-state index in [1.807, 2.05) is 6.92 Å². The molecule has 1 rings (SSSR count). The van der Waals surface area contributed by atoms with Crippen molar-refractivity contribution in [3.63, 3.8) is 0 Å². The second kappa shape index (κ2) is 7.35. The number of rotatable bonds is 7. The smallest absolute Gasteiger partial charge is 0.315 e. The van der Waals surface area contributed by atoms with Crippen LogP contribution in [0.15, 0.2) is 18.2 Å². The molecule has 0 aromatic heterocycles. The van der Waals surface area contributed by atoms with E-state index in [4.69, 9.17) is 9.47 Å². The Morgan fingerprint density at radius 1 is 1.37 bits per heavy atom. The van der Waals surface area contributed by atoms with Gasteiger partial charge in [0.05, 0.1) is 11.5 Å². The van der Waals surface area contributed by atoms with Gasteiger partial charge in [-0.3, -0.25) is 14.9 Å². The van der Waals surface area contributed by atoms with Crippen LogP contribution in [0.1, 0.15) is 33.1 Å². The van der Waals surface area contributed by atoms with Gasteiger partial charge in [0.15, 0.2) is 5.75 Å². The lowest BCUT2D eigenvalue weighted by Crippen LogP contribution is -2.10. The molecule has 1 aromatic rings. The van der Waals surface area contributed by atoms with Crippen LogP contribution in [0.3, 0.4) is 0 Å². The van der Waals surface area contributed by atoms with Gasteiger partial charge in [0.25, 0.3) is 0 Å². The van der Waals surface area contributed by atoms with E-state index in [9.17, 15) is 14.9 Å². The van der Waals surface area contributed by atoms with Crippen molar-refractivity contribution in [2.45, 2.75) is 33.1 Å². The standard InChI is InChI=1S/C13H17NO5/c1-3-5-9-12(15)19-13-10(14(16)17)7-6-8-11(13)18-4-2/h6-8H,3-5,9H2,1-2H3. The van der Waals surface area contributed by atoms with Crippen LogP contribution in [0, 0.1) is 10.1 Å². The first-order chi connectivity index (χ1) is 9.10. The zero-order valence-electron chi connectivity index (χ0n) is 11.0. The third-order valence-electron chi connectivity index (χ3n) is 2.41. The van der Waals surface area contributed by atoms with E-state index in [1.165, 1.54) is 12.1 Å². The third kappa shape index (κ3) is 4.24. The minimum Gasteiger partial charge on any atom is -0.490 e. The molecule has 0 spiro atoms. The summed E-state index contributed by atoms with van der Waals surface area (Å²) in [4.78, 5) is 21.9. The molecular weight excluding hydrogens is 250 g/mol. The van der Waals surface area contributed by atoms with Crippen molar-refractivity contribution in [3.8, 4) is 11.5 Å². The maximum Gasteiger partial charge on any atom is 0.315 e. The molecular formula is C13H17NO5. The van der Waals surface area contributed by atoms with Crippen molar-refractivity contribution >= 4 is 11.7 Å². The molecule has 1 aromatic carbocycles. The molecule has 0 aliphatic rings. The Hall–Kier alpha value is -2.11. The topological polar surface area (TPSA) is 78.7 Å². The molecule has 0 bridgehead atoms. The van der Waals surface area contributed by atoms with Crippen molar-refractivity contribution in [2.75, 3.05) is 6.61 Å². The molecule has 0 atom stereocenters. The van der Waals surface area contributed by atoms with Crippen molar-refractivity contribution in [1.29, 1.82) is 0 Å². The molecule has 0 N–H and O–H groups in total. The number of carbonyl (C=O) groups excluding carboxylic acids is 1. The molecule has 19 heavy (non-hydrogen) atoms. The molecule has 6 nitrogen and oxygen atoms in total. The van der Waals surface area contributed by atoms with Crippen LogP contribution in [-0.2, 0) is 4.79 Å². The lowest BCUT2D eigenvalue weighted by Gasteiger charge is -2.10. The fourth-order valence-corrected chi connectivity index (χ4v) is 1.51. The van der Waals surface area contributed by atoms with E-state index in [0.717, 1.165) is 6.42 Å². The number of esters is 1. The predicted molar refractivity (Wildman–Crippen MR) is 69.4 cm³/mol. The van der Waals surface area contributed by atoms with Gasteiger partial charge >= 0.3 is 11.7 Å². The molecule has 0 radical (unpaired) electrons. The minimum absolute atomic E-state index is 0.115. The highest BCUT2D eigenvalue weighted by atomic mass is 16.6. The van der Waals surface area contributed by atoms with Crippen molar-refractivity contribution in [2.24, 2.45) is 0 Å². The van der Waals surface area contributed by atoms with Crippen LogP contribution >= 0.6 is 0 Å². The van der Waals surface area contributed by atoms with Crippen molar-refractivity contribution in [3.05, 3.63) is 28.3 Å². The van der Waals surface area contributed by atoms with Crippen LogP contribution in [-0.4, -0.2) is 17.5 Å². The van der Waals surface area contributed by atoms with Crippen molar-refractivity contribution < 1.29 is 19.2 Å². The van der Waals surface area contributed by atoms with E-state index in [1.54, 1.807) is 13.0 Å². The van der Waals surface area contributed by atoms with E-state index in [0.29, 0.717) is 13.0 Å². The number of ether oxygens (including phenoxy) is 2. The Bertz CT molecular complexity index is 458. The summed E-state index contributed by atoms with van der Waals surface area (Å²) < 4.78 is 10.3.